The van der Waals surface area contributed by atoms with Crippen molar-refractivity contribution in [1.29, 1.82) is 0 Å². The fraction of sp³-hybridized carbons (Fsp3) is 0.364. The van der Waals surface area contributed by atoms with E-state index in [4.69, 9.17) is 4.42 Å². The van der Waals surface area contributed by atoms with E-state index in [1.165, 1.54) is 28.4 Å². The van der Waals surface area contributed by atoms with Crippen molar-refractivity contribution in [3.63, 3.8) is 0 Å². The van der Waals surface area contributed by atoms with Crippen LogP contribution in [-0.4, -0.2) is 43.5 Å². The van der Waals surface area contributed by atoms with Gasteiger partial charge >= 0.3 is 0 Å². The van der Waals surface area contributed by atoms with Crippen molar-refractivity contribution >= 4 is 22.8 Å². The molecule has 0 saturated heterocycles. The van der Waals surface area contributed by atoms with Crippen molar-refractivity contribution in [3.05, 3.63) is 59.2 Å². The molecule has 0 fully saturated rings. The molecule has 7 heteroatoms. The van der Waals surface area contributed by atoms with Crippen LogP contribution in [0.4, 0.5) is 0 Å². The third kappa shape index (κ3) is 5.19. The summed E-state index contributed by atoms with van der Waals surface area (Å²) in [5.74, 6) is 0.961. The topological polar surface area (TPSA) is 94.4 Å². The van der Waals surface area contributed by atoms with Gasteiger partial charge in [-0.2, -0.15) is 0 Å². The fourth-order valence-corrected chi connectivity index (χ4v) is 3.37. The van der Waals surface area contributed by atoms with Gasteiger partial charge in [-0.25, -0.2) is 0 Å². The van der Waals surface area contributed by atoms with E-state index < -0.39 is 0 Å². The highest BCUT2D eigenvalue weighted by atomic mass is 16.3. The minimum absolute atomic E-state index is 0.177. The van der Waals surface area contributed by atoms with Gasteiger partial charge in [0, 0.05) is 48.8 Å². The summed E-state index contributed by atoms with van der Waals surface area (Å²) in [6.07, 6.45) is 3.22. The number of furan rings is 1. The molecule has 154 valence electrons. The average molecular weight is 396 g/mol. The van der Waals surface area contributed by atoms with Gasteiger partial charge in [0.1, 0.15) is 0 Å². The molecule has 0 saturated carbocycles. The summed E-state index contributed by atoms with van der Waals surface area (Å²) < 4.78 is 5.19. The summed E-state index contributed by atoms with van der Waals surface area (Å²) in [6, 6.07) is 10.2. The molecule has 0 aliphatic heterocycles. The number of aromatic nitrogens is 1. The van der Waals surface area contributed by atoms with E-state index in [-0.39, 0.29) is 5.91 Å². The Morgan fingerprint density at radius 2 is 1.83 bits per heavy atom. The monoisotopic (exact) mass is 395 g/mol. The van der Waals surface area contributed by atoms with Gasteiger partial charge in [0.05, 0.1) is 6.26 Å². The predicted molar refractivity (Wildman–Crippen MR) is 116 cm³/mol. The van der Waals surface area contributed by atoms with E-state index in [0.717, 1.165) is 30.9 Å². The van der Waals surface area contributed by atoms with Crippen LogP contribution in [0.2, 0.25) is 0 Å². The van der Waals surface area contributed by atoms with Crippen LogP contribution in [0.3, 0.4) is 0 Å². The van der Waals surface area contributed by atoms with Crippen LogP contribution in [0.25, 0.3) is 10.9 Å². The first-order valence-corrected chi connectivity index (χ1v) is 9.93. The number of nitrogens with zero attached hydrogens (tertiary/aromatic N) is 1. The summed E-state index contributed by atoms with van der Waals surface area (Å²) in [7, 11) is 1.76. The second-order valence-corrected chi connectivity index (χ2v) is 6.99. The number of aromatic amines is 1. The largest absolute Gasteiger partial charge is 0.459 e. The van der Waals surface area contributed by atoms with Crippen molar-refractivity contribution in [2.24, 2.45) is 4.99 Å². The van der Waals surface area contributed by atoms with Crippen LogP contribution in [-0.2, 0) is 6.42 Å². The molecule has 1 amide bonds. The lowest BCUT2D eigenvalue weighted by Gasteiger charge is -2.12. The minimum Gasteiger partial charge on any atom is -0.459 e. The van der Waals surface area contributed by atoms with Crippen molar-refractivity contribution in [1.82, 2.24) is 20.9 Å². The van der Waals surface area contributed by atoms with Crippen LogP contribution in [0, 0.1) is 13.8 Å². The summed E-state index contributed by atoms with van der Waals surface area (Å²) in [4.78, 5) is 19.7. The number of aryl methyl sites for hydroxylation is 2. The summed E-state index contributed by atoms with van der Waals surface area (Å²) in [6.45, 7) is 6.03. The van der Waals surface area contributed by atoms with Crippen molar-refractivity contribution < 1.29 is 9.21 Å². The zero-order valence-corrected chi connectivity index (χ0v) is 17.3. The highest BCUT2D eigenvalue weighted by Crippen LogP contribution is 2.21. The first-order chi connectivity index (χ1) is 14.1. The van der Waals surface area contributed by atoms with E-state index in [1.807, 2.05) is 13.0 Å². The Morgan fingerprint density at radius 3 is 2.59 bits per heavy atom. The Morgan fingerprint density at radius 1 is 1.07 bits per heavy atom. The van der Waals surface area contributed by atoms with Gasteiger partial charge in [-0.05, 0) is 44.4 Å². The number of guanidine groups is 1. The molecule has 1 aromatic carbocycles. The minimum atomic E-state index is -0.177. The number of hydrogen-bond acceptors (Lipinski definition) is 3. The zero-order valence-electron chi connectivity index (χ0n) is 17.3. The number of nitrogens with one attached hydrogen (secondary N) is 4. The summed E-state index contributed by atoms with van der Waals surface area (Å²) in [5, 5.41) is 10.8. The van der Waals surface area contributed by atoms with Gasteiger partial charge < -0.3 is 25.4 Å². The Hall–Kier alpha value is -3.22. The molecule has 0 radical (unpaired) electrons. The lowest BCUT2D eigenvalue weighted by atomic mass is 10.1. The maximum absolute atomic E-state index is 12.0. The molecule has 0 unspecified atom stereocenters. The number of aliphatic imine (C=N–C) groups is 1. The van der Waals surface area contributed by atoms with E-state index in [1.54, 1.807) is 13.1 Å². The number of hydrogen-bond donors (Lipinski definition) is 4. The molecule has 3 aromatic rings. The number of benzene rings is 1. The first-order valence-electron chi connectivity index (χ1n) is 9.93. The SMILES string of the molecule is CN=C(NCCCNC(=O)c1occc1C)NCCc1c(C)[nH]c2ccccc12. The summed E-state index contributed by atoms with van der Waals surface area (Å²) >= 11 is 0. The Balaban J connectivity index is 1.37. The van der Waals surface area contributed by atoms with Crippen LogP contribution in [0.5, 0.6) is 0 Å². The molecule has 29 heavy (non-hydrogen) atoms. The number of para-hydroxylation sites is 1. The van der Waals surface area contributed by atoms with Crippen molar-refractivity contribution in [3.8, 4) is 0 Å². The van der Waals surface area contributed by atoms with Gasteiger partial charge in [0.25, 0.3) is 5.91 Å². The van der Waals surface area contributed by atoms with Gasteiger partial charge in [0.2, 0.25) is 0 Å². The zero-order chi connectivity index (χ0) is 20.6. The van der Waals surface area contributed by atoms with E-state index in [0.29, 0.717) is 18.8 Å². The normalized spacial score (nSPS) is 11.6. The molecular formula is C22H29N5O2. The molecular weight excluding hydrogens is 366 g/mol. The van der Waals surface area contributed by atoms with Gasteiger partial charge in [-0.3, -0.25) is 9.79 Å². The highest BCUT2D eigenvalue weighted by Gasteiger charge is 2.11. The first kappa shape index (κ1) is 20.5. The molecule has 2 heterocycles. The number of H-pyrrole nitrogens is 1. The molecule has 2 aromatic heterocycles. The number of rotatable bonds is 8. The number of amides is 1. The summed E-state index contributed by atoms with van der Waals surface area (Å²) in [5.41, 5.74) is 4.56. The van der Waals surface area contributed by atoms with E-state index in [9.17, 15) is 4.79 Å². The molecule has 0 aliphatic carbocycles. The third-order valence-electron chi connectivity index (χ3n) is 4.92. The number of fused-ring (bicyclic) bond motifs is 1. The number of carbonyl (C=O) groups excluding carboxylic acids is 1. The lowest BCUT2D eigenvalue weighted by molar-refractivity contribution is 0.0925. The standard InChI is InChI=1S/C22H29N5O2/c1-15-10-14-29-20(15)21(28)24-11-6-12-25-22(23-3)26-13-9-17-16(2)27-19-8-5-4-7-18(17)19/h4-5,7-8,10,14,27H,6,9,11-13H2,1-3H3,(H,24,28)(H2,23,25,26). The van der Waals surface area contributed by atoms with Crippen molar-refractivity contribution in [2.75, 3.05) is 26.7 Å². The molecule has 7 nitrogen and oxygen atoms in total. The second kappa shape index (κ2) is 9.82. The highest BCUT2D eigenvalue weighted by molar-refractivity contribution is 5.92. The third-order valence-corrected chi connectivity index (χ3v) is 4.92. The van der Waals surface area contributed by atoms with Gasteiger partial charge in [-0.1, -0.05) is 18.2 Å². The fourth-order valence-electron chi connectivity index (χ4n) is 3.37. The molecule has 0 bridgehead atoms. The molecule has 0 aliphatic rings. The maximum Gasteiger partial charge on any atom is 0.287 e. The Kier molecular flexibility index (Phi) is 6.94. The van der Waals surface area contributed by atoms with Crippen LogP contribution >= 0.6 is 0 Å². The quantitative estimate of drug-likeness (QED) is 0.268. The molecule has 0 atom stereocenters. The maximum atomic E-state index is 12.0. The van der Waals surface area contributed by atoms with Gasteiger partial charge in [-0.15, -0.1) is 0 Å². The number of carbonyl (C=O) groups is 1. The van der Waals surface area contributed by atoms with E-state index in [2.05, 4.69) is 51.0 Å². The van der Waals surface area contributed by atoms with Crippen molar-refractivity contribution in [2.45, 2.75) is 26.7 Å². The second-order valence-electron chi connectivity index (χ2n) is 6.99. The Bertz CT molecular complexity index is 986. The van der Waals surface area contributed by atoms with E-state index >= 15 is 0 Å². The molecule has 4 N–H and O–H groups in total. The molecule has 0 spiro atoms. The smallest absolute Gasteiger partial charge is 0.287 e. The lowest BCUT2D eigenvalue weighted by Crippen LogP contribution is -2.39. The molecule has 3 rings (SSSR count). The van der Waals surface area contributed by atoms with Crippen LogP contribution < -0.4 is 16.0 Å². The average Bonchev–Trinajstić information content (AvgIpc) is 3.29. The van der Waals surface area contributed by atoms with Crippen LogP contribution in [0.15, 0.2) is 46.0 Å². The van der Waals surface area contributed by atoms with Gasteiger partial charge in [0.15, 0.2) is 11.7 Å². The Labute approximate surface area is 171 Å². The van der Waals surface area contributed by atoms with Crippen LogP contribution in [0.1, 0.15) is 33.8 Å². The predicted octanol–water partition coefficient (Wildman–Crippen LogP) is 2.91.